The van der Waals surface area contributed by atoms with E-state index in [1.807, 2.05) is 0 Å². The summed E-state index contributed by atoms with van der Waals surface area (Å²) < 4.78 is 0. The molecule has 0 aromatic rings. The fraction of sp³-hybridized carbons (Fsp3) is 1.00. The van der Waals surface area contributed by atoms with Crippen LogP contribution in [0.3, 0.4) is 0 Å². The zero-order valence-corrected chi connectivity index (χ0v) is 7.56. The van der Waals surface area contributed by atoms with Crippen LogP contribution in [0, 0.1) is 5.92 Å². The smallest absolute Gasteiger partial charge is 0.0776 e. The summed E-state index contributed by atoms with van der Waals surface area (Å²) in [5.74, 6) is 0.725. The molecule has 0 bridgehead atoms. The first-order chi connectivity index (χ1) is 5.16. The predicted molar refractivity (Wildman–Crippen MR) is 46.5 cm³/mol. The maximum absolute atomic E-state index is 9.74. The average molecular weight is 157 g/mol. The van der Waals surface area contributed by atoms with Gasteiger partial charge >= 0.3 is 0 Å². The zero-order valence-electron chi connectivity index (χ0n) is 7.56. The van der Waals surface area contributed by atoms with Gasteiger partial charge in [0.05, 0.1) is 5.60 Å². The lowest BCUT2D eigenvalue weighted by Gasteiger charge is -2.42. The first-order valence-corrected chi connectivity index (χ1v) is 4.59. The van der Waals surface area contributed by atoms with Gasteiger partial charge in [0.15, 0.2) is 0 Å². The number of hydrogen-bond donors (Lipinski definition) is 2. The summed E-state index contributed by atoms with van der Waals surface area (Å²) in [5, 5.41) is 13.0. The minimum absolute atomic E-state index is 0.366. The molecule has 0 aromatic heterocycles. The standard InChI is InChI=1S/C9H19NO/c1-3-4-10-7-9(11)5-8(2)6-9/h8,10-11H,3-7H2,1-2H3. The predicted octanol–water partition coefficient (Wildman–Crippen LogP) is 1.15. The summed E-state index contributed by atoms with van der Waals surface area (Å²) in [6.07, 6.45) is 3.10. The molecule has 0 spiro atoms. The van der Waals surface area contributed by atoms with E-state index in [1.165, 1.54) is 0 Å². The van der Waals surface area contributed by atoms with Crippen LogP contribution in [-0.2, 0) is 0 Å². The first kappa shape index (κ1) is 9.01. The first-order valence-electron chi connectivity index (χ1n) is 4.59. The third-order valence-electron chi connectivity index (χ3n) is 2.34. The number of rotatable bonds is 4. The molecule has 11 heavy (non-hydrogen) atoms. The summed E-state index contributed by atoms with van der Waals surface area (Å²) in [6, 6.07) is 0. The second-order valence-electron chi connectivity index (χ2n) is 3.91. The number of hydrogen-bond acceptors (Lipinski definition) is 2. The van der Waals surface area contributed by atoms with Crippen molar-refractivity contribution in [2.24, 2.45) is 5.92 Å². The minimum atomic E-state index is -0.366. The highest BCUT2D eigenvalue weighted by Gasteiger charge is 2.39. The van der Waals surface area contributed by atoms with Crippen LogP contribution >= 0.6 is 0 Å². The molecule has 0 aromatic carbocycles. The van der Waals surface area contributed by atoms with E-state index in [4.69, 9.17) is 0 Å². The van der Waals surface area contributed by atoms with Crippen LogP contribution in [0.1, 0.15) is 33.1 Å². The second kappa shape index (κ2) is 3.55. The van der Waals surface area contributed by atoms with Gasteiger partial charge in [-0.05, 0) is 31.7 Å². The Bertz CT molecular complexity index is 119. The summed E-state index contributed by atoms with van der Waals surface area (Å²) in [6.45, 7) is 6.14. The topological polar surface area (TPSA) is 32.3 Å². The Balaban J connectivity index is 2.07. The molecule has 1 saturated carbocycles. The Kier molecular flexibility index (Phi) is 2.90. The average Bonchev–Trinajstić information content (AvgIpc) is 1.85. The van der Waals surface area contributed by atoms with Gasteiger partial charge in [0, 0.05) is 6.54 Å². The van der Waals surface area contributed by atoms with Crippen molar-refractivity contribution in [2.45, 2.75) is 38.7 Å². The molecular formula is C9H19NO. The minimum Gasteiger partial charge on any atom is -0.389 e. The van der Waals surface area contributed by atoms with Crippen molar-refractivity contribution < 1.29 is 5.11 Å². The van der Waals surface area contributed by atoms with Gasteiger partial charge in [-0.15, -0.1) is 0 Å². The van der Waals surface area contributed by atoms with Crippen molar-refractivity contribution in [1.82, 2.24) is 5.32 Å². The molecule has 0 heterocycles. The lowest BCUT2D eigenvalue weighted by Crippen LogP contribution is -2.50. The Morgan fingerprint density at radius 1 is 1.55 bits per heavy atom. The normalized spacial score (nSPS) is 36.8. The summed E-state index contributed by atoms with van der Waals surface area (Å²) in [4.78, 5) is 0. The van der Waals surface area contributed by atoms with E-state index in [9.17, 15) is 5.11 Å². The third-order valence-corrected chi connectivity index (χ3v) is 2.34. The molecule has 1 fully saturated rings. The third kappa shape index (κ3) is 2.46. The van der Waals surface area contributed by atoms with E-state index in [2.05, 4.69) is 19.2 Å². The highest BCUT2D eigenvalue weighted by atomic mass is 16.3. The van der Waals surface area contributed by atoms with E-state index in [1.54, 1.807) is 0 Å². The molecule has 1 aliphatic carbocycles. The highest BCUT2D eigenvalue weighted by Crippen LogP contribution is 2.36. The Morgan fingerprint density at radius 2 is 2.18 bits per heavy atom. The summed E-state index contributed by atoms with van der Waals surface area (Å²) in [5.41, 5.74) is -0.366. The molecule has 0 amide bonds. The molecule has 0 unspecified atom stereocenters. The van der Waals surface area contributed by atoms with Gasteiger partial charge in [0.2, 0.25) is 0 Å². The van der Waals surface area contributed by atoms with Crippen molar-refractivity contribution in [3.05, 3.63) is 0 Å². The fourth-order valence-electron chi connectivity index (χ4n) is 1.88. The molecule has 0 radical (unpaired) electrons. The van der Waals surface area contributed by atoms with Crippen molar-refractivity contribution in [2.75, 3.05) is 13.1 Å². The van der Waals surface area contributed by atoms with Crippen LogP contribution in [0.4, 0.5) is 0 Å². The molecule has 0 aliphatic heterocycles. The molecule has 2 N–H and O–H groups in total. The Labute approximate surface area is 69.0 Å². The molecule has 66 valence electrons. The van der Waals surface area contributed by atoms with E-state index in [0.29, 0.717) is 0 Å². The van der Waals surface area contributed by atoms with Crippen molar-refractivity contribution in [3.8, 4) is 0 Å². The van der Waals surface area contributed by atoms with Crippen LogP contribution in [0.2, 0.25) is 0 Å². The Hall–Kier alpha value is -0.0800. The van der Waals surface area contributed by atoms with E-state index in [0.717, 1.165) is 38.3 Å². The van der Waals surface area contributed by atoms with Gasteiger partial charge in [0.25, 0.3) is 0 Å². The van der Waals surface area contributed by atoms with Crippen LogP contribution in [0.25, 0.3) is 0 Å². The molecule has 2 heteroatoms. The van der Waals surface area contributed by atoms with Gasteiger partial charge in [-0.2, -0.15) is 0 Å². The van der Waals surface area contributed by atoms with Gasteiger partial charge < -0.3 is 10.4 Å². The highest BCUT2D eigenvalue weighted by molar-refractivity contribution is 4.93. The van der Waals surface area contributed by atoms with E-state index >= 15 is 0 Å². The monoisotopic (exact) mass is 157 g/mol. The molecule has 0 atom stereocenters. The summed E-state index contributed by atoms with van der Waals surface area (Å²) >= 11 is 0. The molecule has 2 nitrogen and oxygen atoms in total. The molecular weight excluding hydrogens is 138 g/mol. The zero-order chi connectivity index (χ0) is 8.32. The largest absolute Gasteiger partial charge is 0.389 e. The van der Waals surface area contributed by atoms with Gasteiger partial charge in [-0.25, -0.2) is 0 Å². The van der Waals surface area contributed by atoms with Crippen molar-refractivity contribution in [1.29, 1.82) is 0 Å². The Morgan fingerprint density at radius 3 is 2.64 bits per heavy atom. The quantitative estimate of drug-likeness (QED) is 0.600. The van der Waals surface area contributed by atoms with Crippen LogP contribution in [0.15, 0.2) is 0 Å². The molecule has 1 rings (SSSR count). The SMILES string of the molecule is CCCNCC1(O)CC(C)C1. The van der Waals surface area contributed by atoms with E-state index in [-0.39, 0.29) is 5.60 Å². The lowest BCUT2D eigenvalue weighted by atomic mass is 9.72. The van der Waals surface area contributed by atoms with Crippen molar-refractivity contribution >= 4 is 0 Å². The lowest BCUT2D eigenvalue weighted by molar-refractivity contribution is -0.0649. The second-order valence-corrected chi connectivity index (χ2v) is 3.91. The van der Waals surface area contributed by atoms with Crippen LogP contribution in [0.5, 0.6) is 0 Å². The fourth-order valence-corrected chi connectivity index (χ4v) is 1.88. The van der Waals surface area contributed by atoms with Gasteiger partial charge in [-0.1, -0.05) is 13.8 Å². The van der Waals surface area contributed by atoms with Gasteiger partial charge in [0.1, 0.15) is 0 Å². The van der Waals surface area contributed by atoms with E-state index < -0.39 is 0 Å². The van der Waals surface area contributed by atoms with Crippen molar-refractivity contribution in [3.63, 3.8) is 0 Å². The van der Waals surface area contributed by atoms with Gasteiger partial charge in [-0.3, -0.25) is 0 Å². The maximum Gasteiger partial charge on any atom is 0.0776 e. The van der Waals surface area contributed by atoms with Crippen LogP contribution < -0.4 is 5.32 Å². The van der Waals surface area contributed by atoms with Crippen LogP contribution in [-0.4, -0.2) is 23.8 Å². The molecule has 0 saturated heterocycles. The number of aliphatic hydroxyl groups is 1. The molecule has 1 aliphatic rings. The maximum atomic E-state index is 9.74. The summed E-state index contributed by atoms with van der Waals surface area (Å²) in [7, 11) is 0. The number of nitrogens with one attached hydrogen (secondary N) is 1.